The number of carbonyl (C=O) groups excluding carboxylic acids is 1. The van der Waals surface area contributed by atoms with E-state index in [1.54, 1.807) is 13.8 Å². The van der Waals surface area contributed by atoms with E-state index < -0.39 is 27.5 Å². The van der Waals surface area contributed by atoms with Crippen molar-refractivity contribution in [2.75, 3.05) is 23.9 Å². The number of carbonyl (C=O) groups is 2. The second-order valence-electron chi connectivity index (χ2n) is 5.21. The quantitative estimate of drug-likeness (QED) is 0.782. The standard InChI is InChI=1S/C14H19NO6S/c1-9(2)7-22(19,20)8-13(16)15-12-5-4-10(21-3)6-11(12)14(17)18/h4-6,9H,7-8H2,1-3H3,(H,15,16)(H,17,18). The maximum Gasteiger partial charge on any atom is 0.337 e. The molecule has 2 N–H and O–H groups in total. The summed E-state index contributed by atoms with van der Waals surface area (Å²) < 4.78 is 28.4. The van der Waals surface area contributed by atoms with Gasteiger partial charge in [0.15, 0.2) is 9.84 Å². The molecule has 0 bridgehead atoms. The molecule has 0 saturated heterocycles. The summed E-state index contributed by atoms with van der Waals surface area (Å²) in [7, 11) is -2.14. The van der Waals surface area contributed by atoms with Crippen molar-refractivity contribution in [2.45, 2.75) is 13.8 Å². The van der Waals surface area contributed by atoms with E-state index in [1.165, 1.54) is 25.3 Å². The van der Waals surface area contributed by atoms with E-state index in [0.29, 0.717) is 5.75 Å². The van der Waals surface area contributed by atoms with Crippen LogP contribution in [-0.4, -0.2) is 44.0 Å². The summed E-state index contributed by atoms with van der Waals surface area (Å²) in [4.78, 5) is 23.0. The van der Waals surface area contributed by atoms with Crippen molar-refractivity contribution in [1.82, 2.24) is 0 Å². The van der Waals surface area contributed by atoms with Gasteiger partial charge in [-0.25, -0.2) is 13.2 Å². The summed E-state index contributed by atoms with van der Waals surface area (Å²) in [6.07, 6.45) is 0. The molecule has 1 aromatic rings. The lowest BCUT2D eigenvalue weighted by Crippen LogP contribution is -2.27. The molecule has 0 fully saturated rings. The van der Waals surface area contributed by atoms with E-state index in [2.05, 4.69) is 5.32 Å². The third-order valence-electron chi connectivity index (χ3n) is 2.67. The molecule has 0 unspecified atom stereocenters. The number of methoxy groups -OCH3 is 1. The number of ether oxygens (including phenoxy) is 1. The number of hydrogen-bond acceptors (Lipinski definition) is 5. The van der Waals surface area contributed by atoms with E-state index >= 15 is 0 Å². The number of hydrogen-bond donors (Lipinski definition) is 2. The van der Waals surface area contributed by atoms with E-state index in [0.717, 1.165) is 0 Å². The summed E-state index contributed by atoms with van der Waals surface area (Å²) in [5.74, 6) is -2.57. The Labute approximate surface area is 129 Å². The first-order valence-electron chi connectivity index (χ1n) is 6.56. The van der Waals surface area contributed by atoms with Gasteiger partial charge in [0.2, 0.25) is 5.91 Å². The van der Waals surface area contributed by atoms with Crippen LogP contribution < -0.4 is 10.1 Å². The van der Waals surface area contributed by atoms with Crippen LogP contribution in [0.25, 0.3) is 0 Å². The lowest BCUT2D eigenvalue weighted by Gasteiger charge is -2.11. The van der Waals surface area contributed by atoms with Crippen LogP contribution in [0.3, 0.4) is 0 Å². The Morgan fingerprint density at radius 3 is 2.45 bits per heavy atom. The topological polar surface area (TPSA) is 110 Å². The molecule has 0 radical (unpaired) electrons. The molecule has 0 aromatic heterocycles. The molecule has 0 aliphatic heterocycles. The highest BCUT2D eigenvalue weighted by Gasteiger charge is 2.20. The zero-order chi connectivity index (χ0) is 16.9. The van der Waals surface area contributed by atoms with Gasteiger partial charge in [0.1, 0.15) is 11.5 Å². The van der Waals surface area contributed by atoms with Gasteiger partial charge in [-0.15, -0.1) is 0 Å². The smallest absolute Gasteiger partial charge is 0.337 e. The number of amides is 1. The SMILES string of the molecule is COc1ccc(NC(=O)CS(=O)(=O)CC(C)C)c(C(=O)O)c1. The van der Waals surface area contributed by atoms with Crippen molar-refractivity contribution in [2.24, 2.45) is 5.92 Å². The third-order valence-corrected chi connectivity index (χ3v) is 4.55. The van der Waals surface area contributed by atoms with E-state index in [9.17, 15) is 18.0 Å². The van der Waals surface area contributed by atoms with Crippen LogP contribution in [0.2, 0.25) is 0 Å². The average Bonchev–Trinajstić information content (AvgIpc) is 2.36. The van der Waals surface area contributed by atoms with Gasteiger partial charge in [-0.1, -0.05) is 13.8 Å². The molecule has 1 aromatic carbocycles. The van der Waals surface area contributed by atoms with Crippen LogP contribution in [0.4, 0.5) is 5.69 Å². The van der Waals surface area contributed by atoms with Gasteiger partial charge in [-0.3, -0.25) is 4.79 Å². The summed E-state index contributed by atoms with van der Waals surface area (Å²) >= 11 is 0. The summed E-state index contributed by atoms with van der Waals surface area (Å²) in [5, 5.41) is 11.4. The van der Waals surface area contributed by atoms with Gasteiger partial charge in [0.05, 0.1) is 24.1 Å². The summed E-state index contributed by atoms with van der Waals surface area (Å²) in [5.41, 5.74) is -0.146. The highest BCUT2D eigenvalue weighted by molar-refractivity contribution is 7.92. The number of sulfone groups is 1. The van der Waals surface area contributed by atoms with Gasteiger partial charge in [-0.05, 0) is 24.1 Å². The Bertz CT molecular complexity index is 666. The van der Waals surface area contributed by atoms with Crippen LogP contribution in [-0.2, 0) is 14.6 Å². The minimum Gasteiger partial charge on any atom is -0.497 e. The van der Waals surface area contributed by atoms with E-state index in [-0.39, 0.29) is 22.9 Å². The minimum absolute atomic E-state index is 0.0260. The molecule has 0 heterocycles. The molecule has 7 nitrogen and oxygen atoms in total. The molecule has 0 atom stereocenters. The van der Waals surface area contributed by atoms with Gasteiger partial charge in [0.25, 0.3) is 0 Å². The van der Waals surface area contributed by atoms with Crippen LogP contribution in [0.15, 0.2) is 18.2 Å². The van der Waals surface area contributed by atoms with Crippen molar-refractivity contribution in [3.05, 3.63) is 23.8 Å². The molecule has 122 valence electrons. The maximum atomic E-state index is 11.8. The first kappa shape index (κ1) is 18.0. The first-order chi connectivity index (χ1) is 10.1. The summed E-state index contributed by atoms with van der Waals surface area (Å²) in [6.45, 7) is 3.48. The number of rotatable bonds is 7. The number of aromatic carboxylic acids is 1. The number of anilines is 1. The molecule has 22 heavy (non-hydrogen) atoms. The molecule has 8 heteroatoms. The number of carboxylic acid groups (broad SMARTS) is 1. The fourth-order valence-corrected chi connectivity index (χ4v) is 3.49. The molecule has 0 saturated carbocycles. The highest BCUT2D eigenvalue weighted by Crippen LogP contribution is 2.22. The van der Waals surface area contributed by atoms with Crippen molar-refractivity contribution in [3.8, 4) is 5.75 Å². The first-order valence-corrected chi connectivity index (χ1v) is 8.38. The Morgan fingerprint density at radius 2 is 1.95 bits per heavy atom. The molecular formula is C14H19NO6S. The van der Waals surface area contributed by atoms with Crippen LogP contribution in [0.1, 0.15) is 24.2 Å². The number of nitrogens with one attached hydrogen (secondary N) is 1. The monoisotopic (exact) mass is 329 g/mol. The minimum atomic E-state index is -3.53. The predicted molar refractivity (Wildman–Crippen MR) is 82.1 cm³/mol. The zero-order valence-electron chi connectivity index (χ0n) is 12.6. The number of carboxylic acids is 1. The number of benzene rings is 1. The van der Waals surface area contributed by atoms with Crippen LogP contribution in [0.5, 0.6) is 5.75 Å². The van der Waals surface area contributed by atoms with Crippen molar-refractivity contribution >= 4 is 27.4 Å². The fourth-order valence-electron chi connectivity index (χ4n) is 1.89. The van der Waals surface area contributed by atoms with Gasteiger partial charge in [0, 0.05) is 0 Å². The third kappa shape index (κ3) is 5.36. The Morgan fingerprint density at radius 1 is 1.32 bits per heavy atom. The molecule has 0 spiro atoms. The summed E-state index contributed by atoms with van der Waals surface area (Å²) in [6, 6.07) is 4.08. The zero-order valence-corrected chi connectivity index (χ0v) is 13.4. The van der Waals surface area contributed by atoms with E-state index in [4.69, 9.17) is 9.84 Å². The Balaban J connectivity index is 2.91. The molecule has 1 amide bonds. The van der Waals surface area contributed by atoms with Gasteiger partial charge >= 0.3 is 5.97 Å². The predicted octanol–water partition coefficient (Wildman–Crippen LogP) is 1.40. The highest BCUT2D eigenvalue weighted by atomic mass is 32.2. The fraction of sp³-hybridized carbons (Fsp3) is 0.429. The second-order valence-corrected chi connectivity index (χ2v) is 7.32. The van der Waals surface area contributed by atoms with Gasteiger partial charge in [-0.2, -0.15) is 0 Å². The molecule has 1 rings (SSSR count). The Kier molecular flexibility index (Phi) is 5.92. The molecular weight excluding hydrogens is 310 g/mol. The average molecular weight is 329 g/mol. The van der Waals surface area contributed by atoms with Crippen molar-refractivity contribution in [3.63, 3.8) is 0 Å². The lowest BCUT2D eigenvalue weighted by atomic mass is 10.1. The van der Waals surface area contributed by atoms with Gasteiger partial charge < -0.3 is 15.2 Å². The van der Waals surface area contributed by atoms with Crippen LogP contribution >= 0.6 is 0 Å². The Hall–Kier alpha value is -2.09. The van der Waals surface area contributed by atoms with Crippen molar-refractivity contribution < 1.29 is 27.9 Å². The largest absolute Gasteiger partial charge is 0.497 e. The van der Waals surface area contributed by atoms with Crippen molar-refractivity contribution in [1.29, 1.82) is 0 Å². The molecule has 0 aliphatic carbocycles. The second kappa shape index (κ2) is 7.26. The van der Waals surface area contributed by atoms with E-state index in [1.807, 2.05) is 0 Å². The normalized spacial score (nSPS) is 11.3. The molecule has 0 aliphatic rings. The van der Waals surface area contributed by atoms with Crippen LogP contribution in [0, 0.1) is 5.92 Å². The maximum absolute atomic E-state index is 11.8. The lowest BCUT2D eigenvalue weighted by molar-refractivity contribution is -0.113.